The monoisotopic (exact) mass is 344 g/mol. The van der Waals surface area contributed by atoms with Gasteiger partial charge in [-0.25, -0.2) is 0 Å². The third-order valence-corrected chi connectivity index (χ3v) is 4.16. The van der Waals surface area contributed by atoms with Gasteiger partial charge >= 0.3 is 0 Å². The van der Waals surface area contributed by atoms with Crippen LogP contribution in [0.5, 0.6) is 0 Å². The Balaban J connectivity index is 1.69. The van der Waals surface area contributed by atoms with E-state index in [4.69, 9.17) is 4.74 Å². The highest BCUT2D eigenvalue weighted by atomic mass is 16.5. The Hall–Kier alpha value is -2.01. The van der Waals surface area contributed by atoms with Crippen LogP contribution < -0.4 is 15.5 Å². The average molecular weight is 345 g/mol. The molecule has 1 heterocycles. The van der Waals surface area contributed by atoms with Gasteiger partial charge in [-0.15, -0.1) is 0 Å². The van der Waals surface area contributed by atoms with Crippen LogP contribution in [-0.4, -0.2) is 45.9 Å². The molecule has 0 spiro atoms. The Kier molecular flexibility index (Phi) is 8.32. The number of rotatable bonds is 9. The molecule has 0 bridgehead atoms. The summed E-state index contributed by atoms with van der Waals surface area (Å²) < 4.78 is 5.62. The van der Waals surface area contributed by atoms with Crippen molar-refractivity contribution in [2.24, 2.45) is 10.9 Å². The Morgan fingerprint density at radius 3 is 2.72 bits per heavy atom. The van der Waals surface area contributed by atoms with Gasteiger partial charge in [0, 0.05) is 45.5 Å². The van der Waals surface area contributed by atoms with Gasteiger partial charge in [-0.1, -0.05) is 38.1 Å². The van der Waals surface area contributed by atoms with E-state index < -0.39 is 0 Å². The summed E-state index contributed by atoms with van der Waals surface area (Å²) in [6.45, 7) is 9.45. The molecule has 0 aliphatic carbocycles. The van der Waals surface area contributed by atoms with E-state index in [9.17, 15) is 0 Å². The van der Waals surface area contributed by atoms with Crippen molar-refractivity contribution >= 4 is 11.6 Å². The molecule has 25 heavy (non-hydrogen) atoms. The van der Waals surface area contributed by atoms with E-state index in [-0.39, 0.29) is 0 Å². The van der Waals surface area contributed by atoms with Gasteiger partial charge in [-0.05, 0) is 30.0 Å². The first-order chi connectivity index (χ1) is 12.2. The zero-order valence-corrected chi connectivity index (χ0v) is 15.8. The Morgan fingerprint density at radius 2 is 2.00 bits per heavy atom. The van der Waals surface area contributed by atoms with Crippen molar-refractivity contribution in [2.75, 3.05) is 44.8 Å². The fraction of sp³-hybridized carbons (Fsp3) is 0.550. The van der Waals surface area contributed by atoms with Crippen molar-refractivity contribution in [3.63, 3.8) is 0 Å². The van der Waals surface area contributed by atoms with E-state index in [0.29, 0.717) is 12.5 Å². The Labute approximate surface area is 152 Å². The molecule has 1 aliphatic heterocycles. The SMILES string of the molecule is CN=C(NCCOCCC(C)C)NCc1cccc(N2CC=CC2)c1. The lowest BCUT2D eigenvalue weighted by molar-refractivity contribution is 0.128. The summed E-state index contributed by atoms with van der Waals surface area (Å²) in [6.07, 6.45) is 5.52. The lowest BCUT2D eigenvalue weighted by Gasteiger charge is -2.19. The van der Waals surface area contributed by atoms with Gasteiger partial charge < -0.3 is 20.3 Å². The maximum atomic E-state index is 5.62. The van der Waals surface area contributed by atoms with Gasteiger partial charge in [0.25, 0.3) is 0 Å². The highest BCUT2D eigenvalue weighted by Crippen LogP contribution is 2.18. The standard InChI is InChI=1S/C20H32N4O/c1-17(2)9-13-25-14-10-22-20(21-3)23-16-18-7-6-8-19(15-18)24-11-4-5-12-24/h4-8,15,17H,9-14,16H2,1-3H3,(H2,21,22,23). The van der Waals surface area contributed by atoms with Gasteiger partial charge in [-0.3, -0.25) is 4.99 Å². The van der Waals surface area contributed by atoms with Gasteiger partial charge in [0.05, 0.1) is 6.61 Å². The van der Waals surface area contributed by atoms with Crippen molar-refractivity contribution in [3.05, 3.63) is 42.0 Å². The summed E-state index contributed by atoms with van der Waals surface area (Å²) in [6, 6.07) is 8.66. The molecule has 1 aliphatic rings. The van der Waals surface area contributed by atoms with Crippen LogP contribution in [0.4, 0.5) is 5.69 Å². The van der Waals surface area contributed by atoms with Crippen LogP contribution in [0.2, 0.25) is 0 Å². The molecule has 5 nitrogen and oxygen atoms in total. The normalized spacial score (nSPS) is 14.4. The topological polar surface area (TPSA) is 48.9 Å². The van der Waals surface area contributed by atoms with Crippen molar-refractivity contribution < 1.29 is 4.74 Å². The van der Waals surface area contributed by atoms with E-state index in [1.165, 1.54) is 11.3 Å². The molecule has 0 fully saturated rings. The summed E-state index contributed by atoms with van der Waals surface area (Å²) in [5, 5.41) is 6.65. The molecular weight excluding hydrogens is 312 g/mol. The second-order valence-corrected chi connectivity index (χ2v) is 6.69. The zero-order chi connectivity index (χ0) is 17.9. The number of aliphatic imine (C=N–C) groups is 1. The minimum absolute atomic E-state index is 0.689. The van der Waals surface area contributed by atoms with Crippen LogP contribution in [0.25, 0.3) is 0 Å². The summed E-state index contributed by atoms with van der Waals surface area (Å²) in [4.78, 5) is 6.62. The van der Waals surface area contributed by atoms with Crippen LogP contribution in [-0.2, 0) is 11.3 Å². The van der Waals surface area contributed by atoms with Crippen LogP contribution in [0.3, 0.4) is 0 Å². The smallest absolute Gasteiger partial charge is 0.191 e. The largest absolute Gasteiger partial charge is 0.380 e. The van der Waals surface area contributed by atoms with Crippen LogP contribution in [0.15, 0.2) is 41.4 Å². The lowest BCUT2D eigenvalue weighted by atomic mass is 10.1. The van der Waals surface area contributed by atoms with Crippen LogP contribution >= 0.6 is 0 Å². The van der Waals surface area contributed by atoms with E-state index >= 15 is 0 Å². The summed E-state index contributed by atoms with van der Waals surface area (Å²) in [7, 11) is 1.79. The second-order valence-electron chi connectivity index (χ2n) is 6.69. The number of anilines is 1. The van der Waals surface area contributed by atoms with E-state index in [2.05, 4.69) is 70.8 Å². The number of hydrogen-bond acceptors (Lipinski definition) is 3. The summed E-state index contributed by atoms with van der Waals surface area (Å²) in [5.74, 6) is 1.50. The Bertz CT molecular complexity index is 561. The molecule has 2 N–H and O–H groups in total. The first kappa shape index (κ1) is 19.3. The number of guanidine groups is 1. The molecule has 0 atom stereocenters. The highest BCUT2D eigenvalue weighted by Gasteiger charge is 2.08. The number of hydrogen-bond donors (Lipinski definition) is 2. The van der Waals surface area contributed by atoms with Crippen molar-refractivity contribution in [3.8, 4) is 0 Å². The number of ether oxygens (including phenoxy) is 1. The highest BCUT2D eigenvalue weighted by molar-refractivity contribution is 5.79. The average Bonchev–Trinajstić information content (AvgIpc) is 3.15. The Morgan fingerprint density at radius 1 is 1.20 bits per heavy atom. The quantitative estimate of drug-likeness (QED) is 0.313. The lowest BCUT2D eigenvalue weighted by Crippen LogP contribution is -2.38. The molecule has 0 aromatic heterocycles. The van der Waals surface area contributed by atoms with Crippen molar-refractivity contribution in [1.82, 2.24) is 10.6 Å². The fourth-order valence-corrected chi connectivity index (χ4v) is 2.62. The van der Waals surface area contributed by atoms with E-state index in [0.717, 1.165) is 45.2 Å². The molecule has 1 aromatic carbocycles. The molecule has 2 rings (SSSR count). The molecule has 0 unspecified atom stereocenters. The molecule has 0 amide bonds. The predicted octanol–water partition coefficient (Wildman–Crippen LogP) is 2.79. The van der Waals surface area contributed by atoms with Crippen LogP contribution in [0.1, 0.15) is 25.8 Å². The van der Waals surface area contributed by atoms with Gasteiger partial charge in [0.1, 0.15) is 0 Å². The second kappa shape index (κ2) is 10.8. The fourth-order valence-electron chi connectivity index (χ4n) is 2.62. The predicted molar refractivity (Wildman–Crippen MR) is 106 cm³/mol. The number of nitrogens with zero attached hydrogens (tertiary/aromatic N) is 2. The maximum Gasteiger partial charge on any atom is 0.191 e. The molecule has 1 aromatic rings. The number of benzene rings is 1. The zero-order valence-electron chi connectivity index (χ0n) is 15.8. The van der Waals surface area contributed by atoms with Crippen molar-refractivity contribution in [2.45, 2.75) is 26.8 Å². The minimum atomic E-state index is 0.689. The van der Waals surface area contributed by atoms with Crippen molar-refractivity contribution in [1.29, 1.82) is 0 Å². The van der Waals surface area contributed by atoms with Gasteiger partial charge in [0.2, 0.25) is 0 Å². The first-order valence-corrected chi connectivity index (χ1v) is 9.20. The van der Waals surface area contributed by atoms with Gasteiger partial charge in [0.15, 0.2) is 5.96 Å². The summed E-state index contributed by atoms with van der Waals surface area (Å²) in [5.41, 5.74) is 2.52. The molecule has 0 radical (unpaired) electrons. The molecule has 0 saturated heterocycles. The molecular formula is C20H32N4O. The molecule has 0 saturated carbocycles. The first-order valence-electron chi connectivity index (χ1n) is 9.20. The maximum absolute atomic E-state index is 5.62. The molecule has 5 heteroatoms. The third kappa shape index (κ3) is 7.18. The van der Waals surface area contributed by atoms with Gasteiger partial charge in [-0.2, -0.15) is 0 Å². The molecule has 138 valence electrons. The van der Waals surface area contributed by atoms with E-state index in [1.54, 1.807) is 7.05 Å². The van der Waals surface area contributed by atoms with Crippen LogP contribution in [0, 0.1) is 5.92 Å². The summed E-state index contributed by atoms with van der Waals surface area (Å²) >= 11 is 0. The number of nitrogens with one attached hydrogen (secondary N) is 2. The van der Waals surface area contributed by atoms with E-state index in [1.807, 2.05) is 0 Å². The third-order valence-electron chi connectivity index (χ3n) is 4.16. The minimum Gasteiger partial charge on any atom is -0.380 e.